The van der Waals surface area contributed by atoms with Gasteiger partial charge in [-0.1, -0.05) is 0 Å². The summed E-state index contributed by atoms with van der Waals surface area (Å²) in [6.45, 7) is 5.85. The third-order valence-electron chi connectivity index (χ3n) is 3.73. The van der Waals surface area contributed by atoms with E-state index in [1.165, 1.54) is 6.42 Å². The number of likely N-dealkylation sites (tertiary alicyclic amines) is 1. The summed E-state index contributed by atoms with van der Waals surface area (Å²) in [5.74, 6) is 1.41. The van der Waals surface area contributed by atoms with Gasteiger partial charge in [-0.25, -0.2) is 4.98 Å². The van der Waals surface area contributed by atoms with Crippen molar-refractivity contribution in [3.8, 4) is 0 Å². The highest BCUT2D eigenvalue weighted by Gasteiger charge is 2.23. The molecule has 0 bridgehead atoms. The number of hydrogen-bond donors (Lipinski definition) is 1. The number of rotatable bonds is 5. The Hall–Kier alpha value is -1.62. The second-order valence-electron chi connectivity index (χ2n) is 5.56. The lowest BCUT2D eigenvalue weighted by Gasteiger charge is -2.21. The van der Waals surface area contributed by atoms with Crippen molar-refractivity contribution in [3.63, 3.8) is 0 Å². The highest BCUT2D eigenvalue weighted by Crippen LogP contribution is 2.16. The molecule has 0 spiro atoms. The van der Waals surface area contributed by atoms with Gasteiger partial charge in [0.1, 0.15) is 5.82 Å². The minimum Gasteiger partial charge on any atom is -0.370 e. The molecule has 1 saturated heterocycles. The van der Waals surface area contributed by atoms with Crippen LogP contribution < -0.4 is 5.32 Å². The number of carbonyl (C=O) groups excluding carboxylic acids is 1. The highest BCUT2D eigenvalue weighted by atomic mass is 16.2. The Morgan fingerprint density at radius 3 is 3.05 bits per heavy atom. The molecule has 0 aliphatic carbocycles. The van der Waals surface area contributed by atoms with Crippen molar-refractivity contribution >= 4 is 11.7 Å². The summed E-state index contributed by atoms with van der Waals surface area (Å²) < 4.78 is 0. The van der Waals surface area contributed by atoms with Gasteiger partial charge in [0.05, 0.1) is 0 Å². The van der Waals surface area contributed by atoms with E-state index in [1.54, 1.807) is 12.3 Å². The Labute approximate surface area is 121 Å². The van der Waals surface area contributed by atoms with Crippen molar-refractivity contribution in [2.45, 2.75) is 13.3 Å². The van der Waals surface area contributed by atoms with Crippen LogP contribution in [-0.2, 0) is 0 Å². The van der Waals surface area contributed by atoms with Crippen molar-refractivity contribution in [2.24, 2.45) is 5.92 Å². The third-order valence-corrected chi connectivity index (χ3v) is 3.73. The zero-order valence-corrected chi connectivity index (χ0v) is 12.6. The summed E-state index contributed by atoms with van der Waals surface area (Å²) in [5.41, 5.74) is 0.699. The van der Waals surface area contributed by atoms with Crippen LogP contribution >= 0.6 is 0 Å². The van der Waals surface area contributed by atoms with Gasteiger partial charge in [0.15, 0.2) is 0 Å². The zero-order chi connectivity index (χ0) is 14.5. The molecule has 1 aromatic heterocycles. The average Bonchev–Trinajstić information content (AvgIpc) is 2.84. The minimum absolute atomic E-state index is 0.0705. The van der Waals surface area contributed by atoms with Crippen LogP contribution in [0.1, 0.15) is 23.7 Å². The summed E-state index contributed by atoms with van der Waals surface area (Å²) in [6.07, 6.45) is 2.86. The fourth-order valence-electron chi connectivity index (χ4n) is 2.71. The lowest BCUT2D eigenvalue weighted by molar-refractivity contribution is 0.0774. The fraction of sp³-hybridized carbons (Fsp3) is 0.600. The van der Waals surface area contributed by atoms with Gasteiger partial charge in [0.2, 0.25) is 0 Å². The van der Waals surface area contributed by atoms with E-state index in [2.05, 4.69) is 22.2 Å². The summed E-state index contributed by atoms with van der Waals surface area (Å²) in [6, 6.07) is 3.60. The maximum Gasteiger partial charge on any atom is 0.253 e. The summed E-state index contributed by atoms with van der Waals surface area (Å²) in [7, 11) is 4.02. The van der Waals surface area contributed by atoms with E-state index in [1.807, 2.05) is 24.9 Å². The largest absolute Gasteiger partial charge is 0.370 e. The molecule has 1 aliphatic heterocycles. The molecule has 0 aromatic carbocycles. The first-order valence-electron chi connectivity index (χ1n) is 7.24. The van der Waals surface area contributed by atoms with Crippen molar-refractivity contribution < 1.29 is 4.79 Å². The summed E-state index contributed by atoms with van der Waals surface area (Å²) in [4.78, 5) is 20.8. The van der Waals surface area contributed by atoms with Gasteiger partial charge in [-0.3, -0.25) is 4.79 Å². The van der Waals surface area contributed by atoms with Gasteiger partial charge in [-0.05, 0) is 45.0 Å². The first-order valence-corrected chi connectivity index (χ1v) is 7.24. The quantitative estimate of drug-likeness (QED) is 0.886. The number of aromatic nitrogens is 1. The number of nitrogens with one attached hydrogen (secondary N) is 1. The molecule has 1 aliphatic rings. The Kier molecular flexibility index (Phi) is 4.95. The molecule has 0 saturated carbocycles. The normalized spacial score (nSPS) is 19.1. The Morgan fingerprint density at radius 1 is 1.60 bits per heavy atom. The lowest BCUT2D eigenvalue weighted by atomic mass is 10.1. The number of anilines is 1. The second kappa shape index (κ2) is 6.70. The minimum atomic E-state index is 0.0705. The van der Waals surface area contributed by atoms with Crippen LogP contribution in [0.25, 0.3) is 0 Å². The first-order chi connectivity index (χ1) is 9.60. The molecule has 1 fully saturated rings. The van der Waals surface area contributed by atoms with Gasteiger partial charge in [-0.15, -0.1) is 0 Å². The lowest BCUT2D eigenvalue weighted by Crippen LogP contribution is -2.32. The Bertz CT molecular complexity index is 463. The van der Waals surface area contributed by atoms with E-state index < -0.39 is 0 Å². The van der Waals surface area contributed by atoms with Gasteiger partial charge < -0.3 is 15.1 Å². The van der Waals surface area contributed by atoms with Gasteiger partial charge >= 0.3 is 0 Å². The zero-order valence-electron chi connectivity index (χ0n) is 12.6. The van der Waals surface area contributed by atoms with E-state index in [0.29, 0.717) is 11.5 Å². The maximum atomic E-state index is 12.4. The van der Waals surface area contributed by atoms with E-state index in [0.717, 1.165) is 32.0 Å². The van der Waals surface area contributed by atoms with Crippen LogP contribution in [0.15, 0.2) is 18.3 Å². The van der Waals surface area contributed by atoms with Crippen molar-refractivity contribution in [1.29, 1.82) is 0 Å². The van der Waals surface area contributed by atoms with E-state index >= 15 is 0 Å². The summed E-state index contributed by atoms with van der Waals surface area (Å²) >= 11 is 0. The fourth-order valence-corrected chi connectivity index (χ4v) is 2.71. The molecule has 2 rings (SSSR count). The Morgan fingerprint density at radius 2 is 2.40 bits per heavy atom. The monoisotopic (exact) mass is 276 g/mol. The molecule has 20 heavy (non-hydrogen) atoms. The molecule has 1 unspecified atom stereocenters. The van der Waals surface area contributed by atoms with E-state index in [4.69, 9.17) is 0 Å². The molecule has 1 N–H and O–H groups in total. The Balaban J connectivity index is 1.97. The molecular weight excluding hydrogens is 252 g/mol. The van der Waals surface area contributed by atoms with Crippen molar-refractivity contribution in [3.05, 3.63) is 23.9 Å². The second-order valence-corrected chi connectivity index (χ2v) is 5.56. The molecular formula is C15H24N4O. The van der Waals surface area contributed by atoms with Gasteiger partial charge in [-0.2, -0.15) is 0 Å². The molecule has 2 heterocycles. The smallest absolute Gasteiger partial charge is 0.253 e. The number of carbonyl (C=O) groups is 1. The predicted molar refractivity (Wildman–Crippen MR) is 81.0 cm³/mol. The van der Waals surface area contributed by atoms with Crippen molar-refractivity contribution in [1.82, 2.24) is 14.8 Å². The highest BCUT2D eigenvalue weighted by molar-refractivity contribution is 5.94. The average molecular weight is 276 g/mol. The number of amides is 1. The molecule has 110 valence electrons. The topological polar surface area (TPSA) is 48.5 Å². The summed E-state index contributed by atoms with van der Waals surface area (Å²) in [5, 5.41) is 3.13. The standard InChI is InChI=1S/C15H24N4O/c1-4-16-14-9-13(5-7-17-14)15(20)19(3)11-12-6-8-18(2)10-12/h5,7,9,12H,4,6,8,10-11H2,1-3H3,(H,16,17). The number of nitrogens with zero attached hydrogens (tertiary/aromatic N) is 3. The molecule has 1 amide bonds. The van der Waals surface area contributed by atoms with Gasteiger partial charge in [0, 0.05) is 38.4 Å². The maximum absolute atomic E-state index is 12.4. The molecule has 5 heteroatoms. The SMILES string of the molecule is CCNc1cc(C(=O)N(C)CC2CCN(C)C2)ccn1. The van der Waals surface area contributed by atoms with Crippen LogP contribution in [-0.4, -0.2) is 61.0 Å². The number of pyridine rings is 1. The van der Waals surface area contributed by atoms with Crippen LogP contribution in [0.2, 0.25) is 0 Å². The molecule has 5 nitrogen and oxygen atoms in total. The van der Waals surface area contributed by atoms with Crippen molar-refractivity contribution in [2.75, 3.05) is 45.6 Å². The van der Waals surface area contributed by atoms with Crippen LogP contribution in [0, 0.1) is 5.92 Å². The molecule has 1 atom stereocenters. The molecule has 0 radical (unpaired) electrons. The predicted octanol–water partition coefficient (Wildman–Crippen LogP) is 1.54. The van der Waals surface area contributed by atoms with E-state index in [-0.39, 0.29) is 5.91 Å². The van der Waals surface area contributed by atoms with Crippen LogP contribution in [0.5, 0.6) is 0 Å². The first kappa shape index (κ1) is 14.8. The third kappa shape index (κ3) is 3.70. The van der Waals surface area contributed by atoms with Crippen LogP contribution in [0.3, 0.4) is 0 Å². The van der Waals surface area contributed by atoms with E-state index in [9.17, 15) is 4.79 Å². The van der Waals surface area contributed by atoms with Gasteiger partial charge in [0.25, 0.3) is 5.91 Å². The number of hydrogen-bond acceptors (Lipinski definition) is 4. The molecule has 1 aromatic rings. The van der Waals surface area contributed by atoms with Crippen LogP contribution in [0.4, 0.5) is 5.82 Å².